The van der Waals surface area contributed by atoms with Crippen molar-refractivity contribution in [1.29, 1.82) is 0 Å². The lowest BCUT2D eigenvalue weighted by atomic mass is 10.2. The minimum absolute atomic E-state index is 0.000106. The summed E-state index contributed by atoms with van der Waals surface area (Å²) in [5.41, 5.74) is 0.111. The molecule has 0 bridgehead atoms. The van der Waals surface area contributed by atoms with Crippen LogP contribution in [0.3, 0.4) is 0 Å². The average Bonchev–Trinajstić information content (AvgIpc) is 2.71. The molecule has 1 saturated heterocycles. The summed E-state index contributed by atoms with van der Waals surface area (Å²) in [6, 6.07) is 1.92. The third kappa shape index (κ3) is 2.44. The number of hydrogen-bond donors (Lipinski definition) is 2. The van der Waals surface area contributed by atoms with E-state index in [0.717, 1.165) is 4.90 Å². The molecule has 1 aliphatic heterocycles. The largest absolute Gasteiger partial charge is 0.480 e. The Hall–Kier alpha value is -1.66. The van der Waals surface area contributed by atoms with Gasteiger partial charge in [0.25, 0.3) is 5.91 Å². The van der Waals surface area contributed by atoms with Gasteiger partial charge in [0.2, 0.25) is 0 Å². The molecule has 0 aliphatic carbocycles. The molecule has 0 spiro atoms. The van der Waals surface area contributed by atoms with Gasteiger partial charge in [-0.2, -0.15) is 0 Å². The van der Waals surface area contributed by atoms with Crippen LogP contribution < -0.4 is 0 Å². The molecule has 1 aliphatic rings. The van der Waals surface area contributed by atoms with E-state index in [1.807, 2.05) is 0 Å². The highest BCUT2D eigenvalue weighted by atomic mass is 35.5. The van der Waals surface area contributed by atoms with E-state index in [0.29, 0.717) is 5.02 Å². The van der Waals surface area contributed by atoms with Crippen LogP contribution in [0.1, 0.15) is 16.9 Å². The van der Waals surface area contributed by atoms with Crippen molar-refractivity contribution in [3.63, 3.8) is 0 Å². The van der Waals surface area contributed by atoms with Crippen molar-refractivity contribution in [3.8, 4) is 0 Å². The van der Waals surface area contributed by atoms with E-state index < -0.39 is 24.0 Å². The lowest BCUT2D eigenvalue weighted by Gasteiger charge is -2.20. The number of carboxylic acids is 1. The van der Waals surface area contributed by atoms with Crippen LogP contribution in [0, 0.1) is 0 Å². The summed E-state index contributed by atoms with van der Waals surface area (Å²) >= 11 is 5.66. The molecule has 1 unspecified atom stereocenters. The molecule has 1 aromatic heterocycles. The lowest BCUT2D eigenvalue weighted by molar-refractivity contribution is -0.141. The van der Waals surface area contributed by atoms with E-state index in [2.05, 4.69) is 4.98 Å². The molecule has 2 atom stereocenters. The van der Waals surface area contributed by atoms with Gasteiger partial charge in [0.1, 0.15) is 11.7 Å². The first-order valence-corrected chi connectivity index (χ1v) is 5.70. The monoisotopic (exact) mass is 270 g/mol. The van der Waals surface area contributed by atoms with Crippen molar-refractivity contribution in [2.75, 3.05) is 6.54 Å². The normalized spacial score (nSPS) is 23.1. The molecule has 96 valence electrons. The first-order chi connectivity index (χ1) is 8.49. The van der Waals surface area contributed by atoms with Crippen LogP contribution >= 0.6 is 11.6 Å². The summed E-state index contributed by atoms with van der Waals surface area (Å²) < 4.78 is 0. The summed E-state index contributed by atoms with van der Waals surface area (Å²) in [5, 5.41) is 18.8. The molecule has 1 amide bonds. The highest BCUT2D eigenvalue weighted by Gasteiger charge is 2.39. The molecule has 0 saturated carbocycles. The maximum absolute atomic E-state index is 12.1. The van der Waals surface area contributed by atoms with Gasteiger partial charge in [-0.05, 0) is 12.1 Å². The van der Waals surface area contributed by atoms with Gasteiger partial charge in [-0.3, -0.25) is 4.79 Å². The number of hydrogen-bond acceptors (Lipinski definition) is 4. The second-order valence-electron chi connectivity index (χ2n) is 4.06. The van der Waals surface area contributed by atoms with Gasteiger partial charge in [0.15, 0.2) is 0 Å². The van der Waals surface area contributed by atoms with E-state index in [4.69, 9.17) is 16.7 Å². The number of halogens is 1. The van der Waals surface area contributed by atoms with Crippen LogP contribution in [0.2, 0.25) is 5.02 Å². The molecule has 1 fully saturated rings. The molecule has 2 N–H and O–H groups in total. The second-order valence-corrected chi connectivity index (χ2v) is 4.50. The molecular weight excluding hydrogens is 260 g/mol. The van der Waals surface area contributed by atoms with Crippen LogP contribution in [-0.2, 0) is 4.79 Å². The quantitative estimate of drug-likeness (QED) is 0.811. The van der Waals surface area contributed by atoms with Crippen LogP contribution in [0.5, 0.6) is 0 Å². The van der Waals surface area contributed by atoms with Gasteiger partial charge in [-0.25, -0.2) is 9.78 Å². The first-order valence-electron chi connectivity index (χ1n) is 5.32. The maximum atomic E-state index is 12.1. The highest BCUT2D eigenvalue weighted by Crippen LogP contribution is 2.20. The predicted octanol–water partition coefficient (Wildman–Crippen LogP) is 0.395. The zero-order valence-electron chi connectivity index (χ0n) is 9.28. The minimum atomic E-state index is -1.13. The number of rotatable bonds is 2. The third-order valence-corrected chi connectivity index (χ3v) is 3.00. The number of likely N-dealkylation sites (tertiary alicyclic amines) is 1. The zero-order valence-corrected chi connectivity index (χ0v) is 10.0. The van der Waals surface area contributed by atoms with Gasteiger partial charge in [-0.1, -0.05) is 11.6 Å². The number of carbonyl (C=O) groups excluding carboxylic acids is 1. The van der Waals surface area contributed by atoms with Crippen LogP contribution in [0.4, 0.5) is 0 Å². The van der Waals surface area contributed by atoms with Gasteiger partial charge in [-0.15, -0.1) is 0 Å². The Morgan fingerprint density at radius 1 is 1.44 bits per heavy atom. The predicted molar refractivity (Wildman–Crippen MR) is 62.3 cm³/mol. The topological polar surface area (TPSA) is 90.7 Å². The third-order valence-electron chi connectivity index (χ3n) is 2.77. The molecular formula is C11H11ClN2O4. The van der Waals surface area contributed by atoms with Gasteiger partial charge >= 0.3 is 5.97 Å². The molecule has 1 aromatic rings. The lowest BCUT2D eigenvalue weighted by Crippen LogP contribution is -2.40. The number of carboxylic acid groups (broad SMARTS) is 1. The molecule has 2 rings (SSSR count). The SMILES string of the molecule is O=C(O)[C@@H]1CC(O)CN1C(=O)c1ccc(Cl)cn1. The Morgan fingerprint density at radius 2 is 2.17 bits per heavy atom. The number of β-amino-alcohol motifs (C(OH)–C–C–N with tert-alkyl or cyclic N) is 1. The van der Waals surface area contributed by atoms with Crippen molar-refractivity contribution in [3.05, 3.63) is 29.0 Å². The Labute approximate surface area is 108 Å². The number of aliphatic carboxylic acids is 1. The average molecular weight is 271 g/mol. The van der Waals surface area contributed by atoms with Gasteiger partial charge < -0.3 is 15.1 Å². The fourth-order valence-electron chi connectivity index (χ4n) is 1.92. The number of nitrogens with zero attached hydrogens (tertiary/aromatic N) is 2. The van der Waals surface area contributed by atoms with Crippen molar-refractivity contribution in [2.24, 2.45) is 0 Å². The summed E-state index contributed by atoms with van der Waals surface area (Å²) in [4.78, 5) is 28.0. The Kier molecular flexibility index (Phi) is 3.49. The molecule has 0 radical (unpaired) electrons. The van der Waals surface area contributed by atoms with E-state index >= 15 is 0 Å². The van der Waals surface area contributed by atoms with Crippen molar-refractivity contribution in [2.45, 2.75) is 18.6 Å². The molecule has 7 heteroatoms. The molecule has 18 heavy (non-hydrogen) atoms. The van der Waals surface area contributed by atoms with Crippen LogP contribution in [0.25, 0.3) is 0 Å². The van der Waals surface area contributed by atoms with E-state index in [1.165, 1.54) is 18.3 Å². The number of amides is 1. The fraction of sp³-hybridized carbons (Fsp3) is 0.364. The first kappa shape index (κ1) is 12.8. The Balaban J connectivity index is 2.22. The molecule has 0 aromatic carbocycles. The number of carbonyl (C=O) groups is 2. The molecule has 2 heterocycles. The number of aromatic nitrogens is 1. The van der Waals surface area contributed by atoms with Gasteiger partial charge in [0, 0.05) is 19.2 Å². The number of aliphatic hydroxyl groups excluding tert-OH is 1. The van der Waals surface area contributed by atoms with Crippen molar-refractivity contribution >= 4 is 23.5 Å². The summed E-state index contributed by atoms with van der Waals surface area (Å²) in [5.74, 6) is -1.65. The molecule has 6 nitrogen and oxygen atoms in total. The second kappa shape index (κ2) is 4.91. The zero-order chi connectivity index (χ0) is 13.3. The smallest absolute Gasteiger partial charge is 0.326 e. The van der Waals surface area contributed by atoms with E-state index in [1.54, 1.807) is 0 Å². The van der Waals surface area contributed by atoms with E-state index in [-0.39, 0.29) is 18.7 Å². The standard InChI is InChI=1S/C11H11ClN2O4/c12-6-1-2-8(13-4-6)10(16)14-5-7(15)3-9(14)11(17)18/h1-2,4,7,9,15H,3,5H2,(H,17,18)/t7?,9-/m0/s1. The number of aliphatic hydroxyl groups is 1. The number of pyridine rings is 1. The van der Waals surface area contributed by atoms with Gasteiger partial charge in [0.05, 0.1) is 11.1 Å². The van der Waals surface area contributed by atoms with E-state index in [9.17, 15) is 14.7 Å². The van der Waals surface area contributed by atoms with Crippen LogP contribution in [-0.4, -0.2) is 50.7 Å². The summed E-state index contributed by atoms with van der Waals surface area (Å²) in [6.07, 6.45) is 0.536. The fourth-order valence-corrected chi connectivity index (χ4v) is 2.03. The highest BCUT2D eigenvalue weighted by molar-refractivity contribution is 6.30. The Morgan fingerprint density at radius 3 is 2.72 bits per heavy atom. The van der Waals surface area contributed by atoms with Crippen molar-refractivity contribution in [1.82, 2.24) is 9.88 Å². The van der Waals surface area contributed by atoms with Crippen LogP contribution in [0.15, 0.2) is 18.3 Å². The van der Waals surface area contributed by atoms with Crippen molar-refractivity contribution < 1.29 is 19.8 Å². The minimum Gasteiger partial charge on any atom is -0.480 e. The summed E-state index contributed by atoms with van der Waals surface area (Å²) in [6.45, 7) is 0.000106. The maximum Gasteiger partial charge on any atom is 0.326 e. The summed E-state index contributed by atoms with van der Waals surface area (Å²) in [7, 11) is 0. The Bertz CT molecular complexity index is 476.